The van der Waals surface area contributed by atoms with Gasteiger partial charge >= 0.3 is 0 Å². The molecule has 14 heavy (non-hydrogen) atoms. The molecule has 2 rings (SSSR count). The van der Waals surface area contributed by atoms with Gasteiger partial charge in [0.2, 0.25) is 0 Å². The van der Waals surface area contributed by atoms with E-state index in [-0.39, 0.29) is 0 Å². The normalized spacial score (nSPS) is 25.1. The molecule has 0 aromatic carbocycles. The van der Waals surface area contributed by atoms with Crippen molar-refractivity contribution < 1.29 is 4.79 Å². The average molecular weight is 194 g/mol. The molecule has 0 aromatic rings. The predicted octanol–water partition coefficient (Wildman–Crippen LogP) is 0.871. The summed E-state index contributed by atoms with van der Waals surface area (Å²) in [5, 5.41) is 0. The highest BCUT2D eigenvalue weighted by Gasteiger charge is 2.19. The Balaban J connectivity index is 1.97. The van der Waals surface area contributed by atoms with E-state index in [4.69, 9.17) is 0 Å². The number of rotatable bonds is 1. The minimum atomic E-state index is 0.310. The third kappa shape index (κ3) is 2.15. The van der Waals surface area contributed by atoms with Gasteiger partial charge in [-0.1, -0.05) is 0 Å². The fraction of sp³-hybridized carbons (Fsp3) is 0.727. The second-order valence-electron chi connectivity index (χ2n) is 4.25. The van der Waals surface area contributed by atoms with Crippen molar-refractivity contribution in [2.24, 2.45) is 0 Å². The summed E-state index contributed by atoms with van der Waals surface area (Å²) < 4.78 is 0. The van der Waals surface area contributed by atoms with Crippen LogP contribution >= 0.6 is 0 Å². The number of nitrogens with zero attached hydrogens (tertiary/aromatic N) is 2. The molecule has 1 heterocycles. The van der Waals surface area contributed by atoms with Crippen LogP contribution in [0, 0.1) is 0 Å². The van der Waals surface area contributed by atoms with Gasteiger partial charge in [0.05, 0.1) is 0 Å². The van der Waals surface area contributed by atoms with Gasteiger partial charge in [0.1, 0.15) is 0 Å². The summed E-state index contributed by atoms with van der Waals surface area (Å²) in [7, 11) is 2.15. The summed E-state index contributed by atoms with van der Waals surface area (Å²) in [5.41, 5.74) is 1.27. The van der Waals surface area contributed by atoms with Gasteiger partial charge in [-0.3, -0.25) is 4.79 Å². The van der Waals surface area contributed by atoms with Gasteiger partial charge < -0.3 is 9.80 Å². The third-order valence-corrected chi connectivity index (χ3v) is 3.09. The van der Waals surface area contributed by atoms with Crippen LogP contribution in [0.2, 0.25) is 0 Å². The van der Waals surface area contributed by atoms with Gasteiger partial charge in [-0.25, -0.2) is 0 Å². The minimum Gasteiger partial charge on any atom is -0.372 e. The molecule has 0 radical (unpaired) electrons. The Morgan fingerprint density at radius 2 is 1.86 bits per heavy atom. The first-order chi connectivity index (χ1) is 6.75. The lowest BCUT2D eigenvalue weighted by Crippen LogP contribution is -2.44. The molecule has 2 aliphatic rings. The summed E-state index contributed by atoms with van der Waals surface area (Å²) in [6, 6.07) is 0. The molecule has 1 fully saturated rings. The topological polar surface area (TPSA) is 23.6 Å². The van der Waals surface area contributed by atoms with E-state index in [2.05, 4.69) is 16.8 Å². The third-order valence-electron chi connectivity index (χ3n) is 3.09. The quantitative estimate of drug-likeness (QED) is 0.619. The molecule has 3 nitrogen and oxygen atoms in total. The standard InChI is InChI=1S/C11H18N2O/c1-12-5-7-13(8-6-12)10-3-2-4-11(14)9-10/h9H,2-8H2,1H3. The van der Waals surface area contributed by atoms with Crippen molar-refractivity contribution in [3.63, 3.8) is 0 Å². The van der Waals surface area contributed by atoms with Crippen LogP contribution in [0.5, 0.6) is 0 Å². The molecule has 0 saturated carbocycles. The van der Waals surface area contributed by atoms with Crippen LogP contribution in [0.1, 0.15) is 19.3 Å². The van der Waals surface area contributed by atoms with Gasteiger partial charge in [-0.05, 0) is 19.9 Å². The zero-order chi connectivity index (χ0) is 9.97. The van der Waals surface area contributed by atoms with Crippen LogP contribution in [0.3, 0.4) is 0 Å². The molecule has 0 bridgehead atoms. The lowest BCUT2D eigenvalue weighted by Gasteiger charge is -2.36. The number of hydrogen-bond donors (Lipinski definition) is 0. The molecule has 78 valence electrons. The molecular formula is C11H18N2O. The first-order valence-electron chi connectivity index (χ1n) is 5.42. The van der Waals surface area contributed by atoms with E-state index in [0.29, 0.717) is 5.78 Å². The van der Waals surface area contributed by atoms with E-state index in [1.54, 1.807) is 0 Å². The van der Waals surface area contributed by atoms with Crippen LogP contribution in [-0.4, -0.2) is 48.8 Å². The Hall–Kier alpha value is -0.830. The predicted molar refractivity (Wildman–Crippen MR) is 56.0 cm³/mol. The fourth-order valence-electron chi connectivity index (χ4n) is 2.12. The number of piperazine rings is 1. The average Bonchev–Trinajstić information content (AvgIpc) is 2.19. The molecule has 0 atom stereocenters. The van der Waals surface area contributed by atoms with Crippen molar-refractivity contribution in [2.45, 2.75) is 19.3 Å². The van der Waals surface area contributed by atoms with Crippen LogP contribution in [0.15, 0.2) is 11.8 Å². The van der Waals surface area contributed by atoms with Crippen LogP contribution in [0.25, 0.3) is 0 Å². The summed E-state index contributed by atoms with van der Waals surface area (Å²) in [5.74, 6) is 0.310. The summed E-state index contributed by atoms with van der Waals surface area (Å²) in [4.78, 5) is 16.0. The maximum absolute atomic E-state index is 11.3. The van der Waals surface area contributed by atoms with E-state index in [9.17, 15) is 4.79 Å². The van der Waals surface area contributed by atoms with E-state index in [1.807, 2.05) is 6.08 Å². The summed E-state index contributed by atoms with van der Waals surface area (Å²) in [6.45, 7) is 4.39. The van der Waals surface area contributed by atoms with E-state index >= 15 is 0 Å². The molecule has 0 spiro atoms. The zero-order valence-electron chi connectivity index (χ0n) is 8.83. The lowest BCUT2D eigenvalue weighted by atomic mass is 10.0. The van der Waals surface area contributed by atoms with Gasteiger partial charge in [-0.2, -0.15) is 0 Å². The van der Waals surface area contributed by atoms with E-state index < -0.39 is 0 Å². The van der Waals surface area contributed by atoms with Crippen molar-refractivity contribution in [1.29, 1.82) is 0 Å². The lowest BCUT2D eigenvalue weighted by molar-refractivity contribution is -0.115. The monoisotopic (exact) mass is 194 g/mol. The van der Waals surface area contributed by atoms with Crippen LogP contribution < -0.4 is 0 Å². The van der Waals surface area contributed by atoms with Gasteiger partial charge in [0.25, 0.3) is 0 Å². The Labute approximate surface area is 85.4 Å². The number of likely N-dealkylation sites (N-methyl/N-ethyl adjacent to an activating group) is 1. The molecule has 1 aliphatic carbocycles. The Bertz CT molecular complexity index is 252. The van der Waals surface area contributed by atoms with Crippen LogP contribution in [0.4, 0.5) is 0 Å². The largest absolute Gasteiger partial charge is 0.372 e. The first-order valence-corrected chi connectivity index (χ1v) is 5.42. The van der Waals surface area contributed by atoms with Gasteiger partial charge in [-0.15, -0.1) is 0 Å². The maximum atomic E-state index is 11.3. The van der Waals surface area contributed by atoms with Crippen molar-refractivity contribution in [2.75, 3.05) is 33.2 Å². The molecule has 0 N–H and O–H groups in total. The SMILES string of the molecule is CN1CCN(C2=CC(=O)CCC2)CC1. The maximum Gasteiger partial charge on any atom is 0.157 e. The van der Waals surface area contributed by atoms with Gasteiger partial charge in [0.15, 0.2) is 5.78 Å². The van der Waals surface area contributed by atoms with Gasteiger partial charge in [0, 0.05) is 44.4 Å². The smallest absolute Gasteiger partial charge is 0.157 e. The molecule has 0 aromatic heterocycles. The number of ketones is 1. The molecule has 1 saturated heterocycles. The Morgan fingerprint density at radius 1 is 1.14 bits per heavy atom. The summed E-state index contributed by atoms with van der Waals surface area (Å²) in [6.07, 6.45) is 4.73. The minimum absolute atomic E-state index is 0.310. The number of hydrogen-bond acceptors (Lipinski definition) is 3. The highest BCUT2D eigenvalue weighted by molar-refractivity contribution is 5.91. The molecule has 0 unspecified atom stereocenters. The van der Waals surface area contributed by atoms with Crippen molar-refractivity contribution >= 4 is 5.78 Å². The van der Waals surface area contributed by atoms with Crippen LogP contribution in [-0.2, 0) is 4.79 Å². The molecule has 0 amide bonds. The second-order valence-corrected chi connectivity index (χ2v) is 4.25. The Morgan fingerprint density at radius 3 is 2.50 bits per heavy atom. The highest BCUT2D eigenvalue weighted by atomic mass is 16.1. The zero-order valence-corrected chi connectivity index (χ0v) is 8.83. The van der Waals surface area contributed by atoms with Crippen molar-refractivity contribution in [3.8, 4) is 0 Å². The second kappa shape index (κ2) is 4.13. The molecule has 3 heteroatoms. The van der Waals surface area contributed by atoms with Crippen molar-refractivity contribution in [1.82, 2.24) is 9.80 Å². The van der Waals surface area contributed by atoms with E-state index in [1.165, 1.54) is 5.70 Å². The Kier molecular flexibility index (Phi) is 2.87. The van der Waals surface area contributed by atoms with E-state index in [0.717, 1.165) is 45.4 Å². The first kappa shape index (κ1) is 9.71. The molecular weight excluding hydrogens is 176 g/mol. The number of carbonyl (C=O) groups is 1. The summed E-state index contributed by atoms with van der Waals surface area (Å²) >= 11 is 0. The fourth-order valence-corrected chi connectivity index (χ4v) is 2.12. The van der Waals surface area contributed by atoms with Crippen molar-refractivity contribution in [3.05, 3.63) is 11.8 Å². The number of carbonyl (C=O) groups excluding carboxylic acids is 1. The molecule has 1 aliphatic heterocycles. The number of allylic oxidation sites excluding steroid dienone is 2. The highest BCUT2D eigenvalue weighted by Crippen LogP contribution is 2.19.